The first-order valence-corrected chi connectivity index (χ1v) is 7.68. The van der Waals surface area contributed by atoms with Crippen molar-refractivity contribution in [3.63, 3.8) is 0 Å². The van der Waals surface area contributed by atoms with Crippen LogP contribution < -0.4 is 4.72 Å². The first-order valence-electron chi connectivity index (χ1n) is 5.32. The molecule has 0 aliphatic rings. The highest BCUT2D eigenvalue weighted by Gasteiger charge is 2.26. The molecule has 0 aliphatic heterocycles. The molecule has 1 heterocycles. The summed E-state index contributed by atoms with van der Waals surface area (Å²) in [6.07, 6.45) is 4.23. The fourth-order valence-electron chi connectivity index (χ4n) is 1.43. The Bertz CT molecular complexity index is 558. The van der Waals surface area contributed by atoms with Crippen LogP contribution in [0.25, 0.3) is 0 Å². The third kappa shape index (κ3) is 3.41. The number of hydrogen-bond donors (Lipinski definition) is 2. The normalized spacial score (nSPS) is 12.1. The molecule has 0 saturated carbocycles. The molecule has 18 heavy (non-hydrogen) atoms. The predicted octanol–water partition coefficient (Wildman–Crippen LogP) is 2.00. The maximum Gasteiger partial charge on any atom is 0.347 e. The van der Waals surface area contributed by atoms with Gasteiger partial charge in [-0.2, -0.15) is 0 Å². The zero-order chi connectivity index (χ0) is 13.8. The summed E-state index contributed by atoms with van der Waals surface area (Å²) < 4.78 is 26.4. The van der Waals surface area contributed by atoms with Gasteiger partial charge in [0.15, 0.2) is 0 Å². The third-order valence-corrected chi connectivity index (χ3v) is 5.08. The van der Waals surface area contributed by atoms with E-state index in [2.05, 4.69) is 4.72 Å². The Balaban J connectivity index is 2.98. The Kier molecular flexibility index (Phi) is 5.06. The Morgan fingerprint density at radius 1 is 1.56 bits per heavy atom. The van der Waals surface area contributed by atoms with Gasteiger partial charge in [0.25, 0.3) is 0 Å². The Morgan fingerprint density at radius 3 is 2.78 bits per heavy atom. The minimum absolute atomic E-state index is 0.125. The summed E-state index contributed by atoms with van der Waals surface area (Å²) in [6.45, 7) is 3.69. The highest BCUT2D eigenvalue weighted by Crippen LogP contribution is 2.26. The lowest BCUT2D eigenvalue weighted by molar-refractivity contribution is 0.0698. The largest absolute Gasteiger partial charge is 0.477 e. The maximum atomic E-state index is 12.0. The van der Waals surface area contributed by atoms with E-state index in [1.165, 1.54) is 5.38 Å². The van der Waals surface area contributed by atoms with Gasteiger partial charge in [-0.15, -0.1) is 11.3 Å². The highest BCUT2D eigenvalue weighted by molar-refractivity contribution is 7.89. The second-order valence-corrected chi connectivity index (χ2v) is 6.22. The number of nitrogens with one attached hydrogen (secondary N) is 1. The van der Waals surface area contributed by atoms with Crippen molar-refractivity contribution in [2.24, 2.45) is 0 Å². The van der Waals surface area contributed by atoms with Gasteiger partial charge in [-0.1, -0.05) is 12.2 Å². The van der Waals surface area contributed by atoms with E-state index in [1.807, 2.05) is 19.1 Å². The van der Waals surface area contributed by atoms with Crippen molar-refractivity contribution in [2.75, 3.05) is 6.54 Å². The van der Waals surface area contributed by atoms with Crippen LogP contribution in [-0.2, 0) is 10.0 Å². The molecule has 5 nitrogen and oxygen atoms in total. The number of aryl methyl sites for hydroxylation is 1. The summed E-state index contributed by atoms with van der Waals surface area (Å²) in [7, 11) is -3.76. The van der Waals surface area contributed by atoms with E-state index >= 15 is 0 Å². The molecule has 0 saturated heterocycles. The van der Waals surface area contributed by atoms with Crippen molar-refractivity contribution in [3.05, 3.63) is 28.0 Å². The number of carbonyl (C=O) groups is 1. The van der Waals surface area contributed by atoms with Crippen molar-refractivity contribution in [3.8, 4) is 0 Å². The van der Waals surface area contributed by atoms with Gasteiger partial charge < -0.3 is 5.11 Å². The van der Waals surface area contributed by atoms with E-state index in [0.717, 1.165) is 11.3 Å². The molecule has 1 aromatic heterocycles. The summed E-state index contributed by atoms with van der Waals surface area (Å²) >= 11 is 0.922. The molecule has 0 unspecified atom stereocenters. The highest BCUT2D eigenvalue weighted by atomic mass is 32.2. The van der Waals surface area contributed by atoms with E-state index in [9.17, 15) is 13.2 Å². The fraction of sp³-hybridized carbons (Fsp3) is 0.364. The van der Waals surface area contributed by atoms with E-state index in [-0.39, 0.29) is 16.3 Å². The van der Waals surface area contributed by atoms with E-state index in [0.29, 0.717) is 12.0 Å². The van der Waals surface area contributed by atoms with Crippen LogP contribution in [0.4, 0.5) is 0 Å². The number of aromatic carboxylic acids is 1. The molecule has 100 valence electrons. The SMILES string of the molecule is C/C=C/CCNS(=O)(=O)c1c(C)csc1C(=O)O. The van der Waals surface area contributed by atoms with Crippen LogP contribution in [0.5, 0.6) is 0 Å². The van der Waals surface area contributed by atoms with Gasteiger partial charge in [-0.25, -0.2) is 17.9 Å². The molecule has 0 spiro atoms. The second-order valence-electron chi connectivity index (χ2n) is 3.64. The van der Waals surface area contributed by atoms with Gasteiger partial charge in [0.2, 0.25) is 10.0 Å². The van der Waals surface area contributed by atoms with Crippen molar-refractivity contribution in [2.45, 2.75) is 25.2 Å². The molecule has 0 radical (unpaired) electrons. The summed E-state index contributed by atoms with van der Waals surface area (Å²) in [6, 6.07) is 0. The van der Waals surface area contributed by atoms with Crippen molar-refractivity contribution < 1.29 is 18.3 Å². The molecule has 1 rings (SSSR count). The number of sulfonamides is 1. The number of rotatable bonds is 6. The zero-order valence-corrected chi connectivity index (χ0v) is 11.8. The quantitative estimate of drug-likeness (QED) is 0.620. The monoisotopic (exact) mass is 289 g/mol. The molecule has 0 aliphatic carbocycles. The van der Waals surface area contributed by atoms with E-state index in [4.69, 9.17) is 5.11 Å². The van der Waals surface area contributed by atoms with Crippen molar-refractivity contribution >= 4 is 27.3 Å². The van der Waals surface area contributed by atoms with Crippen molar-refractivity contribution in [1.82, 2.24) is 4.72 Å². The Hall–Kier alpha value is -1.18. The second kappa shape index (κ2) is 6.12. The van der Waals surface area contributed by atoms with Crippen LogP contribution in [0.3, 0.4) is 0 Å². The molecule has 2 N–H and O–H groups in total. The van der Waals surface area contributed by atoms with Crippen LogP contribution in [0.2, 0.25) is 0 Å². The Labute approximate surface area is 110 Å². The molecule has 0 bridgehead atoms. The molecule has 0 atom stereocenters. The molecule has 1 aromatic rings. The smallest absolute Gasteiger partial charge is 0.347 e. The van der Waals surface area contributed by atoms with Gasteiger partial charge in [0.1, 0.15) is 9.77 Å². The van der Waals surface area contributed by atoms with Crippen LogP contribution in [0.1, 0.15) is 28.6 Å². The maximum absolute atomic E-state index is 12.0. The van der Waals surface area contributed by atoms with Gasteiger partial charge in [-0.05, 0) is 31.2 Å². The number of allylic oxidation sites excluding steroid dienone is 1. The average Bonchev–Trinajstić information content (AvgIpc) is 2.67. The molecule has 7 heteroatoms. The fourth-order valence-corrected chi connectivity index (χ4v) is 4.10. The summed E-state index contributed by atoms with van der Waals surface area (Å²) in [5.41, 5.74) is 0.455. The van der Waals surface area contributed by atoms with Crippen LogP contribution in [0, 0.1) is 6.92 Å². The minimum Gasteiger partial charge on any atom is -0.477 e. The summed E-state index contributed by atoms with van der Waals surface area (Å²) in [5.74, 6) is -1.22. The van der Waals surface area contributed by atoms with Crippen LogP contribution in [0.15, 0.2) is 22.4 Å². The summed E-state index contributed by atoms with van der Waals surface area (Å²) in [4.78, 5) is 10.7. The van der Waals surface area contributed by atoms with Gasteiger partial charge >= 0.3 is 5.97 Å². The first kappa shape index (κ1) is 14.9. The lowest BCUT2D eigenvalue weighted by atomic mass is 10.3. The zero-order valence-electron chi connectivity index (χ0n) is 10.1. The minimum atomic E-state index is -3.76. The molecule has 0 fully saturated rings. The molecular formula is C11H15NO4S2. The third-order valence-electron chi connectivity index (χ3n) is 2.22. The molecular weight excluding hydrogens is 274 g/mol. The van der Waals surface area contributed by atoms with Gasteiger partial charge in [0.05, 0.1) is 0 Å². The molecule has 0 amide bonds. The standard InChI is InChI=1S/C11H15NO4S2/c1-3-4-5-6-12-18(15,16)10-8(2)7-17-9(10)11(13)14/h3-4,7,12H,5-6H2,1-2H3,(H,13,14)/b4-3+. The topological polar surface area (TPSA) is 83.5 Å². The lowest BCUT2D eigenvalue weighted by Gasteiger charge is -2.06. The average molecular weight is 289 g/mol. The van der Waals surface area contributed by atoms with E-state index in [1.54, 1.807) is 6.92 Å². The predicted molar refractivity (Wildman–Crippen MR) is 70.6 cm³/mol. The van der Waals surface area contributed by atoms with Crippen LogP contribution >= 0.6 is 11.3 Å². The lowest BCUT2D eigenvalue weighted by Crippen LogP contribution is -2.26. The van der Waals surface area contributed by atoms with Gasteiger partial charge in [0, 0.05) is 6.54 Å². The number of carboxylic acids is 1. The van der Waals surface area contributed by atoms with Crippen LogP contribution in [-0.4, -0.2) is 26.0 Å². The first-order chi connectivity index (χ1) is 8.40. The Morgan fingerprint density at radius 2 is 2.22 bits per heavy atom. The number of carboxylic acid groups (broad SMARTS) is 1. The molecule has 0 aromatic carbocycles. The van der Waals surface area contributed by atoms with Crippen molar-refractivity contribution in [1.29, 1.82) is 0 Å². The number of thiophene rings is 1. The van der Waals surface area contributed by atoms with Gasteiger partial charge in [-0.3, -0.25) is 0 Å². The number of hydrogen-bond acceptors (Lipinski definition) is 4. The van der Waals surface area contributed by atoms with E-state index < -0.39 is 16.0 Å². The summed E-state index contributed by atoms with van der Waals surface area (Å²) in [5, 5.41) is 10.5.